The van der Waals surface area contributed by atoms with E-state index in [9.17, 15) is 0 Å². The Morgan fingerprint density at radius 3 is 2.77 bits per heavy atom. The molecular weight excluding hydrogens is 407 g/mol. The first-order chi connectivity index (χ1) is 12.4. The smallest absolute Gasteiger partial charge is 0.209 e. The van der Waals surface area contributed by atoms with Gasteiger partial charge in [0.15, 0.2) is 3.95 Å². The molecule has 1 N–H and O–H groups in total. The Morgan fingerprint density at radius 1 is 1.23 bits per heavy atom. The molecular formula is C18H18Cl2N4S2. The van der Waals surface area contributed by atoms with E-state index in [0.29, 0.717) is 27.2 Å². The molecule has 0 spiro atoms. The minimum atomic E-state index is 0.562. The number of hydrogen-bond acceptors (Lipinski definition) is 5. The SMILES string of the molecule is Cc1cccc(Nc2nn(CN(C)Cc3cccc(Cl)c3Cl)c(=S)s2)c1. The topological polar surface area (TPSA) is 33.1 Å². The normalized spacial score (nSPS) is 11.1. The third kappa shape index (κ3) is 4.84. The van der Waals surface area contributed by atoms with Gasteiger partial charge in [0.05, 0.1) is 16.7 Å². The summed E-state index contributed by atoms with van der Waals surface area (Å²) in [5.41, 5.74) is 3.16. The number of aromatic nitrogens is 2. The van der Waals surface area contributed by atoms with Gasteiger partial charge in [0.1, 0.15) is 0 Å². The Hall–Kier alpha value is -1.44. The minimum Gasteiger partial charge on any atom is -0.330 e. The van der Waals surface area contributed by atoms with Crippen molar-refractivity contribution in [3.05, 3.63) is 67.6 Å². The second kappa shape index (κ2) is 8.50. The van der Waals surface area contributed by atoms with Gasteiger partial charge in [-0.15, -0.1) is 5.10 Å². The number of rotatable bonds is 6. The molecule has 0 aliphatic carbocycles. The van der Waals surface area contributed by atoms with E-state index in [1.807, 2.05) is 31.3 Å². The first-order valence-corrected chi connectivity index (χ1v) is 9.93. The molecule has 0 aliphatic rings. The second-order valence-corrected chi connectivity index (χ2v) is 8.44. The lowest BCUT2D eigenvalue weighted by atomic mass is 10.2. The standard InChI is InChI=1S/C18H18Cl2N4S2/c1-12-5-3-7-14(9-12)21-17-22-24(18(25)26-17)11-23(2)10-13-6-4-8-15(19)16(13)20/h3-9H,10-11H2,1-2H3,(H,21,22). The number of nitrogens with zero attached hydrogens (tertiary/aromatic N) is 3. The maximum Gasteiger partial charge on any atom is 0.209 e. The Balaban J connectivity index is 1.69. The van der Waals surface area contributed by atoms with Crippen molar-refractivity contribution in [3.63, 3.8) is 0 Å². The van der Waals surface area contributed by atoms with Gasteiger partial charge in [-0.3, -0.25) is 4.90 Å². The first-order valence-electron chi connectivity index (χ1n) is 7.95. The number of anilines is 2. The summed E-state index contributed by atoms with van der Waals surface area (Å²) in [5.74, 6) is 0. The summed E-state index contributed by atoms with van der Waals surface area (Å²) < 4.78 is 2.51. The van der Waals surface area contributed by atoms with Gasteiger partial charge < -0.3 is 5.32 Å². The van der Waals surface area contributed by atoms with E-state index in [1.165, 1.54) is 16.9 Å². The molecule has 4 nitrogen and oxygen atoms in total. The summed E-state index contributed by atoms with van der Waals surface area (Å²) in [5, 5.41) is 9.81. The molecule has 1 aromatic heterocycles. The molecule has 2 aromatic carbocycles. The summed E-state index contributed by atoms with van der Waals surface area (Å²) in [4.78, 5) is 2.09. The zero-order chi connectivity index (χ0) is 18.7. The Bertz CT molecular complexity index is 968. The monoisotopic (exact) mass is 424 g/mol. The van der Waals surface area contributed by atoms with Crippen LogP contribution in [0.5, 0.6) is 0 Å². The highest BCUT2D eigenvalue weighted by atomic mass is 35.5. The van der Waals surface area contributed by atoms with Gasteiger partial charge in [-0.2, -0.15) is 0 Å². The van der Waals surface area contributed by atoms with Crippen LogP contribution in [0.1, 0.15) is 11.1 Å². The number of hydrogen-bond donors (Lipinski definition) is 1. The molecule has 8 heteroatoms. The summed E-state index contributed by atoms with van der Waals surface area (Å²) >= 11 is 19.3. The average molecular weight is 425 g/mol. The van der Waals surface area contributed by atoms with Gasteiger partial charge in [0, 0.05) is 12.2 Å². The van der Waals surface area contributed by atoms with Crippen molar-refractivity contribution in [2.45, 2.75) is 20.1 Å². The lowest BCUT2D eigenvalue weighted by Crippen LogP contribution is -2.22. The summed E-state index contributed by atoms with van der Waals surface area (Å²) in [7, 11) is 1.99. The van der Waals surface area contributed by atoms with E-state index in [4.69, 9.17) is 35.4 Å². The lowest BCUT2D eigenvalue weighted by molar-refractivity contribution is 0.246. The van der Waals surface area contributed by atoms with Gasteiger partial charge in [-0.1, -0.05) is 58.8 Å². The Kier molecular flexibility index (Phi) is 6.32. The number of halogens is 2. The molecule has 0 radical (unpaired) electrons. The highest BCUT2D eigenvalue weighted by Crippen LogP contribution is 2.26. The molecule has 0 saturated carbocycles. The fraction of sp³-hybridized carbons (Fsp3) is 0.222. The first kappa shape index (κ1) is 19.3. The van der Waals surface area contributed by atoms with E-state index in [0.717, 1.165) is 16.4 Å². The molecule has 3 aromatic rings. The van der Waals surface area contributed by atoms with Crippen molar-refractivity contribution in [3.8, 4) is 0 Å². The zero-order valence-electron chi connectivity index (χ0n) is 14.4. The molecule has 0 atom stereocenters. The molecule has 26 heavy (non-hydrogen) atoms. The van der Waals surface area contributed by atoms with Crippen LogP contribution in [-0.4, -0.2) is 21.7 Å². The largest absolute Gasteiger partial charge is 0.330 e. The maximum atomic E-state index is 6.27. The average Bonchev–Trinajstić information content (AvgIpc) is 2.91. The highest BCUT2D eigenvalue weighted by molar-refractivity contribution is 7.73. The van der Waals surface area contributed by atoms with Gasteiger partial charge in [0.25, 0.3) is 0 Å². The van der Waals surface area contributed by atoms with Crippen molar-refractivity contribution in [2.24, 2.45) is 0 Å². The quantitative estimate of drug-likeness (QED) is 0.482. The van der Waals surface area contributed by atoms with E-state index < -0.39 is 0 Å². The summed E-state index contributed by atoms with van der Waals surface area (Å²) in [6.45, 7) is 3.27. The molecule has 1 heterocycles. The molecule has 0 aliphatic heterocycles. The van der Waals surface area contributed by atoms with Crippen LogP contribution in [0.15, 0.2) is 42.5 Å². The van der Waals surface area contributed by atoms with Crippen molar-refractivity contribution in [1.82, 2.24) is 14.7 Å². The van der Waals surface area contributed by atoms with Crippen molar-refractivity contribution in [1.29, 1.82) is 0 Å². The number of benzene rings is 2. The van der Waals surface area contributed by atoms with E-state index in [1.54, 1.807) is 10.7 Å². The van der Waals surface area contributed by atoms with Crippen molar-refractivity contribution < 1.29 is 0 Å². The van der Waals surface area contributed by atoms with E-state index in [2.05, 4.69) is 34.4 Å². The van der Waals surface area contributed by atoms with E-state index in [-0.39, 0.29) is 0 Å². The predicted molar refractivity (Wildman–Crippen MR) is 113 cm³/mol. The van der Waals surface area contributed by atoms with Crippen LogP contribution in [0, 0.1) is 10.9 Å². The lowest BCUT2D eigenvalue weighted by Gasteiger charge is -2.17. The summed E-state index contributed by atoms with van der Waals surface area (Å²) in [6, 6.07) is 13.8. The molecule has 0 saturated heterocycles. The van der Waals surface area contributed by atoms with Crippen molar-refractivity contribution >= 4 is 57.6 Å². The maximum absolute atomic E-state index is 6.27. The van der Waals surface area contributed by atoms with Gasteiger partial charge in [0.2, 0.25) is 5.13 Å². The van der Waals surface area contributed by atoms with E-state index >= 15 is 0 Å². The van der Waals surface area contributed by atoms with Crippen molar-refractivity contribution in [2.75, 3.05) is 12.4 Å². The van der Waals surface area contributed by atoms with Crippen LogP contribution in [-0.2, 0) is 13.2 Å². The van der Waals surface area contributed by atoms with Gasteiger partial charge in [-0.05, 0) is 55.5 Å². The fourth-order valence-corrected chi connectivity index (χ4v) is 3.93. The number of aryl methyl sites for hydroxylation is 1. The zero-order valence-corrected chi connectivity index (χ0v) is 17.5. The van der Waals surface area contributed by atoms with Gasteiger partial charge in [-0.25, -0.2) is 4.68 Å². The van der Waals surface area contributed by atoms with Crippen LogP contribution in [0.4, 0.5) is 10.8 Å². The molecule has 0 bridgehead atoms. The third-order valence-corrected chi connectivity index (χ3v) is 5.80. The van der Waals surface area contributed by atoms with Crippen LogP contribution in [0.3, 0.4) is 0 Å². The minimum absolute atomic E-state index is 0.562. The van der Waals surface area contributed by atoms with Crippen LogP contribution >= 0.6 is 46.8 Å². The molecule has 136 valence electrons. The summed E-state index contributed by atoms with van der Waals surface area (Å²) in [6.07, 6.45) is 0. The molecule has 0 amide bonds. The Morgan fingerprint density at radius 2 is 2.00 bits per heavy atom. The molecule has 0 fully saturated rings. The second-order valence-electron chi connectivity index (χ2n) is 6.04. The highest BCUT2D eigenvalue weighted by Gasteiger charge is 2.10. The van der Waals surface area contributed by atoms with Gasteiger partial charge >= 0.3 is 0 Å². The fourth-order valence-electron chi connectivity index (χ4n) is 2.53. The van der Waals surface area contributed by atoms with Crippen LogP contribution < -0.4 is 5.32 Å². The van der Waals surface area contributed by atoms with Crippen LogP contribution in [0.2, 0.25) is 10.0 Å². The Labute approximate surface area is 172 Å². The predicted octanol–water partition coefficient (Wildman–Crippen LogP) is 6.12. The molecule has 0 unspecified atom stereocenters. The van der Waals surface area contributed by atoms with Crippen LogP contribution in [0.25, 0.3) is 0 Å². The number of nitrogens with one attached hydrogen (secondary N) is 1. The third-order valence-electron chi connectivity index (χ3n) is 3.72. The molecule has 3 rings (SSSR count).